The van der Waals surface area contributed by atoms with Gasteiger partial charge in [0.1, 0.15) is 5.75 Å². The van der Waals surface area contributed by atoms with E-state index in [1.807, 2.05) is 42.5 Å². The summed E-state index contributed by atoms with van der Waals surface area (Å²) in [6.07, 6.45) is 0. The molecule has 1 amide bonds. The molecule has 0 aromatic heterocycles. The van der Waals surface area contributed by atoms with Crippen LogP contribution in [0.15, 0.2) is 60.7 Å². The Morgan fingerprint density at radius 1 is 1.08 bits per heavy atom. The first-order chi connectivity index (χ1) is 12.1. The molecule has 0 unspecified atom stereocenters. The molecule has 0 bridgehead atoms. The average molecular weight is 333 g/mol. The van der Waals surface area contributed by atoms with E-state index >= 15 is 0 Å². The third-order valence-corrected chi connectivity index (χ3v) is 4.36. The van der Waals surface area contributed by atoms with Crippen LogP contribution in [0.25, 0.3) is 10.8 Å². The highest BCUT2D eigenvalue weighted by Gasteiger charge is 2.27. The van der Waals surface area contributed by atoms with Gasteiger partial charge in [0.15, 0.2) is 6.61 Å². The van der Waals surface area contributed by atoms with E-state index in [1.165, 1.54) is 12.1 Å². The first kappa shape index (κ1) is 15.2. The van der Waals surface area contributed by atoms with Crippen molar-refractivity contribution in [2.75, 3.05) is 11.5 Å². The Hall–Kier alpha value is -3.34. The molecule has 4 rings (SSSR count). The fourth-order valence-corrected chi connectivity index (χ4v) is 3.11. The number of fused-ring (bicyclic) bond motifs is 2. The summed E-state index contributed by atoms with van der Waals surface area (Å²) in [5.41, 5.74) is 1.61. The first-order valence-electron chi connectivity index (χ1n) is 7.90. The molecule has 5 heteroatoms. The number of carbonyl (C=O) groups excluding carboxylic acids is 1. The minimum absolute atomic E-state index is 0.0514. The highest BCUT2D eigenvalue weighted by Crippen LogP contribution is 2.34. The maximum atomic E-state index is 12.4. The zero-order valence-electron chi connectivity index (χ0n) is 13.3. The number of hydrogen-bond donors (Lipinski definition) is 1. The predicted octanol–water partition coefficient (Wildman–Crippen LogP) is 3.46. The lowest BCUT2D eigenvalue weighted by atomic mass is 10.0. The second-order valence-electron chi connectivity index (χ2n) is 5.89. The van der Waals surface area contributed by atoms with Crippen molar-refractivity contribution in [2.45, 2.75) is 6.54 Å². The summed E-state index contributed by atoms with van der Waals surface area (Å²) in [4.78, 5) is 25.3. The zero-order valence-corrected chi connectivity index (χ0v) is 13.3. The fourth-order valence-electron chi connectivity index (χ4n) is 3.11. The summed E-state index contributed by atoms with van der Waals surface area (Å²) in [6, 6.07) is 18.5. The molecule has 5 nitrogen and oxygen atoms in total. The average Bonchev–Trinajstić information content (AvgIpc) is 2.63. The van der Waals surface area contributed by atoms with Crippen molar-refractivity contribution in [1.82, 2.24) is 0 Å². The number of hydrogen-bond acceptors (Lipinski definition) is 3. The van der Waals surface area contributed by atoms with Crippen LogP contribution < -0.4 is 9.64 Å². The van der Waals surface area contributed by atoms with Gasteiger partial charge in [-0.05, 0) is 34.5 Å². The van der Waals surface area contributed by atoms with Gasteiger partial charge < -0.3 is 14.7 Å². The van der Waals surface area contributed by atoms with Gasteiger partial charge in [-0.2, -0.15) is 0 Å². The summed E-state index contributed by atoms with van der Waals surface area (Å²) >= 11 is 0. The Morgan fingerprint density at radius 3 is 2.72 bits per heavy atom. The number of rotatable bonds is 3. The minimum atomic E-state index is -1.04. The number of carboxylic acids is 1. The van der Waals surface area contributed by atoms with E-state index in [0.29, 0.717) is 18.0 Å². The van der Waals surface area contributed by atoms with Gasteiger partial charge in [0.2, 0.25) is 0 Å². The minimum Gasteiger partial charge on any atom is -0.482 e. The van der Waals surface area contributed by atoms with Gasteiger partial charge in [-0.25, -0.2) is 4.79 Å². The Bertz CT molecular complexity index is 991. The van der Waals surface area contributed by atoms with Crippen LogP contribution in [-0.2, 0) is 11.3 Å². The molecule has 0 atom stereocenters. The van der Waals surface area contributed by atoms with Crippen LogP contribution in [0.2, 0.25) is 0 Å². The monoisotopic (exact) mass is 333 g/mol. The molecule has 25 heavy (non-hydrogen) atoms. The van der Waals surface area contributed by atoms with Gasteiger partial charge in [0, 0.05) is 0 Å². The molecule has 1 heterocycles. The standard InChI is InChI=1S/C20H15NO4/c22-19-12-25-18-9-8-14(20(23)24)10-17(18)21(19)11-15-6-3-5-13-4-1-2-7-16(13)15/h1-10H,11-12H2,(H,23,24). The van der Waals surface area contributed by atoms with E-state index < -0.39 is 5.97 Å². The molecule has 0 radical (unpaired) electrons. The predicted molar refractivity (Wildman–Crippen MR) is 94.0 cm³/mol. The number of carboxylic acid groups (broad SMARTS) is 1. The molecule has 0 fully saturated rings. The second-order valence-corrected chi connectivity index (χ2v) is 5.89. The third kappa shape index (κ3) is 2.70. The largest absolute Gasteiger partial charge is 0.482 e. The lowest BCUT2D eigenvalue weighted by Crippen LogP contribution is -2.38. The summed E-state index contributed by atoms with van der Waals surface area (Å²) in [7, 11) is 0. The Balaban J connectivity index is 1.79. The van der Waals surface area contributed by atoms with Gasteiger partial charge >= 0.3 is 5.97 Å². The van der Waals surface area contributed by atoms with Gasteiger partial charge in [-0.1, -0.05) is 42.5 Å². The molecule has 1 N–H and O–H groups in total. The fraction of sp³-hybridized carbons (Fsp3) is 0.100. The van der Waals surface area contributed by atoms with Crippen molar-refractivity contribution in [3.63, 3.8) is 0 Å². The Morgan fingerprint density at radius 2 is 1.88 bits per heavy atom. The number of benzene rings is 3. The van der Waals surface area contributed by atoms with E-state index in [9.17, 15) is 14.7 Å². The third-order valence-electron chi connectivity index (χ3n) is 4.36. The SMILES string of the molecule is O=C(O)c1ccc2c(c1)N(Cc1cccc3ccccc13)C(=O)CO2. The molecule has 0 saturated carbocycles. The quantitative estimate of drug-likeness (QED) is 0.797. The number of amides is 1. The van der Waals surface area contributed by atoms with Crippen LogP contribution in [-0.4, -0.2) is 23.6 Å². The van der Waals surface area contributed by atoms with Crippen molar-refractivity contribution in [2.24, 2.45) is 0 Å². The summed E-state index contributed by atoms with van der Waals surface area (Å²) in [5, 5.41) is 11.4. The van der Waals surface area contributed by atoms with Gasteiger partial charge in [-0.3, -0.25) is 4.79 Å². The van der Waals surface area contributed by atoms with Crippen LogP contribution in [0.5, 0.6) is 5.75 Å². The van der Waals surface area contributed by atoms with Crippen LogP contribution >= 0.6 is 0 Å². The number of aromatic carboxylic acids is 1. The molecule has 3 aromatic rings. The van der Waals surface area contributed by atoms with Crippen molar-refractivity contribution in [3.05, 3.63) is 71.8 Å². The van der Waals surface area contributed by atoms with Crippen molar-refractivity contribution >= 4 is 28.3 Å². The Labute approximate surface area is 144 Å². The highest BCUT2D eigenvalue weighted by molar-refractivity contribution is 6.00. The number of nitrogens with zero attached hydrogens (tertiary/aromatic N) is 1. The highest BCUT2D eigenvalue weighted by atomic mass is 16.5. The van der Waals surface area contributed by atoms with Gasteiger partial charge in [0.25, 0.3) is 5.91 Å². The summed E-state index contributed by atoms with van der Waals surface area (Å²) in [5.74, 6) is -0.709. The summed E-state index contributed by atoms with van der Waals surface area (Å²) in [6.45, 7) is 0.309. The van der Waals surface area contributed by atoms with Crippen molar-refractivity contribution < 1.29 is 19.4 Å². The maximum absolute atomic E-state index is 12.4. The maximum Gasteiger partial charge on any atom is 0.335 e. The first-order valence-corrected chi connectivity index (χ1v) is 7.90. The second kappa shape index (κ2) is 5.94. The Kier molecular flexibility index (Phi) is 3.61. The van der Waals surface area contributed by atoms with Gasteiger partial charge in [-0.15, -0.1) is 0 Å². The molecule has 3 aromatic carbocycles. The lowest BCUT2D eigenvalue weighted by Gasteiger charge is -2.30. The van der Waals surface area contributed by atoms with Crippen molar-refractivity contribution in [1.29, 1.82) is 0 Å². The molecule has 1 aliphatic heterocycles. The lowest BCUT2D eigenvalue weighted by molar-refractivity contribution is -0.121. The van der Waals surface area contributed by atoms with Crippen LogP contribution in [0, 0.1) is 0 Å². The molecule has 1 aliphatic rings. The van der Waals surface area contributed by atoms with Crippen LogP contribution in [0.4, 0.5) is 5.69 Å². The molecule has 124 valence electrons. The molecule has 0 aliphatic carbocycles. The van der Waals surface area contributed by atoms with E-state index in [-0.39, 0.29) is 18.1 Å². The smallest absolute Gasteiger partial charge is 0.335 e. The molecular formula is C20H15NO4. The van der Waals surface area contributed by atoms with Crippen LogP contribution in [0.1, 0.15) is 15.9 Å². The van der Waals surface area contributed by atoms with Gasteiger partial charge in [0.05, 0.1) is 17.8 Å². The number of ether oxygens (including phenoxy) is 1. The van der Waals surface area contributed by atoms with Crippen LogP contribution in [0.3, 0.4) is 0 Å². The normalized spacial score (nSPS) is 13.4. The number of carbonyl (C=O) groups is 2. The zero-order chi connectivity index (χ0) is 17.4. The van der Waals surface area contributed by atoms with Crippen molar-refractivity contribution in [3.8, 4) is 5.75 Å². The van der Waals surface area contributed by atoms with E-state index in [4.69, 9.17) is 4.74 Å². The molecule has 0 spiro atoms. The molecule has 0 saturated heterocycles. The topological polar surface area (TPSA) is 66.8 Å². The van der Waals surface area contributed by atoms with E-state index in [0.717, 1.165) is 16.3 Å². The number of anilines is 1. The van der Waals surface area contributed by atoms with E-state index in [2.05, 4.69) is 0 Å². The summed E-state index contributed by atoms with van der Waals surface area (Å²) < 4.78 is 5.44. The van der Waals surface area contributed by atoms with E-state index in [1.54, 1.807) is 11.0 Å². The molecular weight excluding hydrogens is 318 g/mol.